The highest BCUT2D eigenvalue weighted by Crippen LogP contribution is 2.30. The zero-order chi connectivity index (χ0) is 26.5. The van der Waals surface area contributed by atoms with Crippen LogP contribution in [0.25, 0.3) is 10.3 Å². The molecule has 3 heterocycles. The van der Waals surface area contributed by atoms with Gasteiger partial charge in [0.15, 0.2) is 17.3 Å². The summed E-state index contributed by atoms with van der Waals surface area (Å²) < 4.78 is 16.1. The van der Waals surface area contributed by atoms with E-state index in [2.05, 4.69) is 20.9 Å². The van der Waals surface area contributed by atoms with Gasteiger partial charge >= 0.3 is 0 Å². The van der Waals surface area contributed by atoms with E-state index in [1.807, 2.05) is 23.1 Å². The molecule has 0 aliphatic carbocycles. The third-order valence-electron chi connectivity index (χ3n) is 6.42. The van der Waals surface area contributed by atoms with Crippen LogP contribution in [0.5, 0.6) is 17.2 Å². The summed E-state index contributed by atoms with van der Waals surface area (Å²) in [5.41, 5.74) is 8.00. The first-order valence-corrected chi connectivity index (χ1v) is 13.2. The third-order valence-corrected chi connectivity index (χ3v) is 7.43. The highest BCUT2D eigenvalue weighted by Gasteiger charge is 2.25. The van der Waals surface area contributed by atoms with Crippen LogP contribution in [0.1, 0.15) is 10.6 Å². The number of aryl methyl sites for hydroxylation is 2. The lowest BCUT2D eigenvalue weighted by Crippen LogP contribution is -2.50. The summed E-state index contributed by atoms with van der Waals surface area (Å²) in [5.74, 6) is 3.10. The van der Waals surface area contributed by atoms with E-state index in [9.17, 15) is 4.79 Å². The number of rotatable bonds is 9. The Balaban J connectivity index is 1.20. The number of benzene rings is 2. The molecule has 0 spiro atoms. The van der Waals surface area contributed by atoms with Crippen molar-refractivity contribution >= 4 is 39.4 Å². The molecule has 1 aliphatic heterocycles. The first kappa shape index (κ1) is 25.5. The van der Waals surface area contributed by atoms with Gasteiger partial charge in [-0.15, -0.1) is 0 Å². The highest BCUT2D eigenvalue weighted by molar-refractivity contribution is 7.18. The minimum absolute atomic E-state index is 0.0141. The largest absolute Gasteiger partial charge is 0.497 e. The Kier molecular flexibility index (Phi) is 7.73. The molecular weight excluding hydrogens is 504 g/mol. The second kappa shape index (κ2) is 11.5. The maximum absolute atomic E-state index is 12.7. The molecule has 2 aromatic carbocycles. The van der Waals surface area contributed by atoms with Crippen LogP contribution in [0.4, 0.5) is 11.8 Å². The van der Waals surface area contributed by atoms with E-state index in [0.29, 0.717) is 31.9 Å². The number of nitrogens with two attached hydrogens (primary N) is 1. The van der Waals surface area contributed by atoms with Crippen LogP contribution in [0.2, 0.25) is 0 Å². The van der Waals surface area contributed by atoms with Crippen molar-refractivity contribution in [3.63, 3.8) is 0 Å². The zero-order valence-electron chi connectivity index (χ0n) is 21.4. The summed E-state index contributed by atoms with van der Waals surface area (Å²) in [6.07, 6.45) is 1.62. The summed E-state index contributed by atoms with van der Waals surface area (Å²) in [5, 5.41) is 0.980. The molecule has 5 rings (SSSR count). The number of nitrogens with zero attached hydrogens (tertiary/aromatic N) is 5. The molecule has 0 atom stereocenters. The number of carbonyl (C=O) groups is 1. The predicted molar refractivity (Wildman–Crippen MR) is 147 cm³/mol. The maximum Gasteiger partial charge on any atom is 0.260 e. The van der Waals surface area contributed by atoms with Gasteiger partial charge in [-0.3, -0.25) is 4.79 Å². The minimum atomic E-state index is -0.0543. The number of anilines is 2. The van der Waals surface area contributed by atoms with Gasteiger partial charge in [-0.2, -0.15) is 4.98 Å². The van der Waals surface area contributed by atoms with Crippen LogP contribution in [0.3, 0.4) is 0 Å². The van der Waals surface area contributed by atoms with Crippen LogP contribution in [-0.2, 0) is 17.6 Å². The second-order valence-electron chi connectivity index (χ2n) is 8.85. The number of aromatic nitrogens is 3. The molecule has 1 saturated heterocycles. The summed E-state index contributed by atoms with van der Waals surface area (Å²) >= 11 is 1.54. The predicted octanol–water partition coefficient (Wildman–Crippen LogP) is 3.20. The van der Waals surface area contributed by atoms with Crippen LogP contribution < -0.4 is 24.8 Å². The molecule has 4 aromatic rings. The highest BCUT2D eigenvalue weighted by atomic mass is 32.1. The SMILES string of the molecule is COc1ccc(OCC(=O)N2CCN(c3nc(N)nc4sc(CCc5cccc(OC)c5)nc34)CC2)cc1. The standard InChI is InChI=1S/C27H30N6O4S/c1-35-19-7-9-20(10-8-19)37-17-23(34)32-12-14-33(15-13-32)25-24-26(31-27(28)30-25)38-22(29-24)11-6-18-4-3-5-21(16-18)36-2/h3-5,7-10,16H,6,11-15,17H2,1-2H3,(H2,28,30,31). The summed E-state index contributed by atoms with van der Waals surface area (Å²) in [7, 11) is 3.28. The molecule has 38 heavy (non-hydrogen) atoms. The number of amides is 1. The van der Waals surface area contributed by atoms with Crippen molar-refractivity contribution in [3.05, 3.63) is 59.1 Å². The Hall–Kier alpha value is -4.12. The quantitative estimate of drug-likeness (QED) is 0.346. The van der Waals surface area contributed by atoms with Crippen LogP contribution in [-0.4, -0.2) is 72.8 Å². The first-order chi connectivity index (χ1) is 18.5. The number of nitrogen functional groups attached to an aromatic ring is 1. The van der Waals surface area contributed by atoms with Crippen molar-refractivity contribution in [2.75, 3.05) is 57.6 Å². The van der Waals surface area contributed by atoms with Gasteiger partial charge in [0.2, 0.25) is 5.95 Å². The summed E-state index contributed by atoms with van der Waals surface area (Å²) in [6, 6.07) is 15.2. The number of fused-ring (bicyclic) bond motifs is 1. The van der Waals surface area contributed by atoms with Crippen molar-refractivity contribution in [1.29, 1.82) is 0 Å². The normalized spacial score (nSPS) is 13.5. The van der Waals surface area contributed by atoms with Gasteiger partial charge in [0, 0.05) is 32.6 Å². The minimum Gasteiger partial charge on any atom is -0.497 e. The number of hydrogen-bond acceptors (Lipinski definition) is 10. The maximum atomic E-state index is 12.7. The molecule has 1 aliphatic rings. The topological polar surface area (TPSA) is 116 Å². The van der Waals surface area contributed by atoms with Gasteiger partial charge in [0.05, 0.1) is 19.2 Å². The van der Waals surface area contributed by atoms with Crippen molar-refractivity contribution < 1.29 is 19.0 Å². The van der Waals surface area contributed by atoms with Crippen molar-refractivity contribution in [1.82, 2.24) is 19.9 Å². The lowest BCUT2D eigenvalue weighted by Gasteiger charge is -2.35. The van der Waals surface area contributed by atoms with Crippen LogP contribution in [0.15, 0.2) is 48.5 Å². The Morgan fingerprint density at radius 1 is 0.921 bits per heavy atom. The Morgan fingerprint density at radius 2 is 1.66 bits per heavy atom. The molecule has 1 fully saturated rings. The number of hydrogen-bond donors (Lipinski definition) is 1. The van der Waals surface area contributed by atoms with Gasteiger partial charge in [-0.1, -0.05) is 23.5 Å². The molecular formula is C27H30N6O4S. The summed E-state index contributed by atoms with van der Waals surface area (Å²) in [6.45, 7) is 2.35. The third kappa shape index (κ3) is 5.88. The first-order valence-electron chi connectivity index (χ1n) is 12.4. The van der Waals surface area contributed by atoms with Gasteiger partial charge < -0.3 is 29.7 Å². The van der Waals surface area contributed by atoms with Gasteiger partial charge in [0.1, 0.15) is 22.8 Å². The molecule has 2 N–H and O–H groups in total. The Morgan fingerprint density at radius 3 is 2.39 bits per heavy atom. The number of piperazine rings is 1. The fourth-order valence-corrected chi connectivity index (χ4v) is 5.29. The molecule has 0 saturated carbocycles. The van der Waals surface area contributed by atoms with Gasteiger partial charge in [-0.05, 0) is 48.4 Å². The van der Waals surface area contributed by atoms with Crippen molar-refractivity contribution in [3.8, 4) is 17.2 Å². The smallest absolute Gasteiger partial charge is 0.260 e. The number of carbonyl (C=O) groups excluding carboxylic acids is 1. The van der Waals surface area contributed by atoms with E-state index in [0.717, 1.165) is 45.5 Å². The molecule has 0 bridgehead atoms. The lowest BCUT2D eigenvalue weighted by atomic mass is 10.1. The molecule has 0 radical (unpaired) electrons. The molecule has 198 valence electrons. The van der Waals surface area contributed by atoms with Crippen LogP contribution in [0, 0.1) is 0 Å². The number of methoxy groups -OCH3 is 2. The van der Waals surface area contributed by atoms with E-state index in [1.165, 1.54) is 5.56 Å². The molecule has 11 heteroatoms. The van der Waals surface area contributed by atoms with E-state index in [1.54, 1.807) is 49.8 Å². The average Bonchev–Trinajstić information content (AvgIpc) is 3.37. The summed E-state index contributed by atoms with van der Waals surface area (Å²) in [4.78, 5) is 31.3. The van der Waals surface area contributed by atoms with Crippen molar-refractivity contribution in [2.24, 2.45) is 0 Å². The van der Waals surface area contributed by atoms with E-state index in [4.69, 9.17) is 24.9 Å². The van der Waals surface area contributed by atoms with Crippen molar-refractivity contribution in [2.45, 2.75) is 12.8 Å². The number of thiazole rings is 1. The molecule has 10 nitrogen and oxygen atoms in total. The van der Waals surface area contributed by atoms with E-state index < -0.39 is 0 Å². The average molecular weight is 535 g/mol. The van der Waals surface area contributed by atoms with Crippen LogP contribution >= 0.6 is 11.3 Å². The van der Waals surface area contributed by atoms with Gasteiger partial charge in [0.25, 0.3) is 5.91 Å². The monoisotopic (exact) mass is 534 g/mol. The Labute approximate surface area is 225 Å². The fraction of sp³-hybridized carbons (Fsp3) is 0.333. The van der Waals surface area contributed by atoms with E-state index >= 15 is 0 Å². The lowest BCUT2D eigenvalue weighted by molar-refractivity contribution is -0.133. The van der Waals surface area contributed by atoms with E-state index in [-0.39, 0.29) is 18.5 Å². The second-order valence-corrected chi connectivity index (χ2v) is 9.91. The fourth-order valence-electron chi connectivity index (χ4n) is 4.35. The molecule has 1 amide bonds. The Bertz CT molecular complexity index is 1400. The molecule has 2 aromatic heterocycles. The number of ether oxygens (including phenoxy) is 3. The molecule has 0 unspecified atom stereocenters. The van der Waals surface area contributed by atoms with Gasteiger partial charge in [-0.25, -0.2) is 9.97 Å². The zero-order valence-corrected chi connectivity index (χ0v) is 22.2.